The highest BCUT2D eigenvalue weighted by atomic mass is 35.5. The zero-order valence-electron chi connectivity index (χ0n) is 15.3. The summed E-state index contributed by atoms with van der Waals surface area (Å²) in [7, 11) is 0. The second kappa shape index (κ2) is 9.73. The quantitative estimate of drug-likeness (QED) is 0.649. The molecular formula is C18H24ClF4N3O2. The number of piperidine rings is 1. The Balaban J connectivity index is 0.00000280. The number of carbonyl (C=O) groups excluding carboxylic acids is 1. The average Bonchev–Trinajstić information content (AvgIpc) is 3.49. The number of amides is 1. The number of pyridine rings is 1. The van der Waals surface area contributed by atoms with Crippen LogP contribution in [-0.4, -0.2) is 60.4 Å². The molecule has 0 spiro atoms. The maximum atomic E-state index is 12.8. The summed E-state index contributed by atoms with van der Waals surface area (Å²) >= 11 is 0. The summed E-state index contributed by atoms with van der Waals surface area (Å²) in [6.07, 6.45) is 1.79. The van der Waals surface area contributed by atoms with Crippen LogP contribution < -0.4 is 10.1 Å². The molecule has 1 aliphatic carbocycles. The predicted octanol–water partition coefficient (Wildman–Crippen LogP) is 3.39. The van der Waals surface area contributed by atoms with E-state index in [1.165, 1.54) is 31.2 Å². The summed E-state index contributed by atoms with van der Waals surface area (Å²) in [5, 5.41) is 3.54. The fourth-order valence-corrected chi connectivity index (χ4v) is 2.95. The highest BCUT2D eigenvalue weighted by Gasteiger charge is 2.41. The molecule has 1 aliphatic heterocycles. The number of nitrogens with zero attached hydrogens (tertiary/aromatic N) is 2. The average molecular weight is 426 g/mol. The summed E-state index contributed by atoms with van der Waals surface area (Å²) in [6, 6.07) is 3.07. The molecule has 0 atom stereocenters. The Morgan fingerprint density at radius 2 is 1.93 bits per heavy atom. The summed E-state index contributed by atoms with van der Waals surface area (Å²) in [4.78, 5) is 18.0. The van der Waals surface area contributed by atoms with Crippen molar-refractivity contribution in [1.82, 2.24) is 15.2 Å². The summed E-state index contributed by atoms with van der Waals surface area (Å²) in [5.74, 6) is -3.84. The number of hydrogen-bond donors (Lipinski definition) is 1. The number of ether oxygens (including phenoxy) is 1. The third-order valence-corrected chi connectivity index (χ3v) is 4.89. The normalized spacial score (nSPS) is 18.1. The van der Waals surface area contributed by atoms with Crippen LogP contribution in [0.5, 0.6) is 5.88 Å². The Labute approximate surface area is 167 Å². The van der Waals surface area contributed by atoms with Gasteiger partial charge in [0.2, 0.25) is 5.88 Å². The van der Waals surface area contributed by atoms with E-state index in [1.807, 2.05) is 0 Å². The Morgan fingerprint density at radius 1 is 1.25 bits per heavy atom. The zero-order valence-corrected chi connectivity index (χ0v) is 16.1. The van der Waals surface area contributed by atoms with Gasteiger partial charge >= 0.3 is 12.3 Å². The molecule has 10 heteroatoms. The summed E-state index contributed by atoms with van der Waals surface area (Å²) < 4.78 is 54.5. The van der Waals surface area contributed by atoms with E-state index in [0.29, 0.717) is 24.7 Å². The first-order valence-corrected chi connectivity index (χ1v) is 9.12. The van der Waals surface area contributed by atoms with E-state index < -0.39 is 19.0 Å². The van der Waals surface area contributed by atoms with Gasteiger partial charge in [-0.1, -0.05) is 0 Å². The molecule has 2 aliphatic rings. The number of alkyl halides is 4. The van der Waals surface area contributed by atoms with E-state index in [0.717, 1.165) is 25.3 Å². The smallest absolute Gasteiger partial charge is 0.340 e. The second-order valence-corrected chi connectivity index (χ2v) is 7.15. The van der Waals surface area contributed by atoms with Crippen LogP contribution in [0.25, 0.3) is 0 Å². The summed E-state index contributed by atoms with van der Waals surface area (Å²) in [5.41, 5.74) is 0.312. The molecule has 2 heterocycles. The van der Waals surface area contributed by atoms with Gasteiger partial charge < -0.3 is 15.0 Å². The SMILES string of the molecule is Cl.O=C(c1ccc(OCC(F)(F)C(F)F)nc1)N1CCC(NCC2CC2)CC1. The molecule has 5 nitrogen and oxygen atoms in total. The fraction of sp³-hybridized carbons (Fsp3) is 0.667. The maximum absolute atomic E-state index is 12.8. The number of likely N-dealkylation sites (tertiary alicyclic amines) is 1. The molecule has 0 radical (unpaired) electrons. The lowest BCUT2D eigenvalue weighted by molar-refractivity contribution is -0.148. The molecular weight excluding hydrogens is 402 g/mol. The van der Waals surface area contributed by atoms with Crippen LogP contribution in [0.1, 0.15) is 36.0 Å². The predicted molar refractivity (Wildman–Crippen MR) is 97.6 cm³/mol. The molecule has 2 fully saturated rings. The first-order chi connectivity index (χ1) is 12.8. The fourth-order valence-electron chi connectivity index (χ4n) is 2.95. The van der Waals surface area contributed by atoms with Gasteiger partial charge in [0.1, 0.15) is 0 Å². The number of rotatable bonds is 8. The molecule has 158 valence electrons. The van der Waals surface area contributed by atoms with E-state index >= 15 is 0 Å². The van der Waals surface area contributed by atoms with Gasteiger partial charge in [-0.05, 0) is 44.2 Å². The van der Waals surface area contributed by atoms with Gasteiger partial charge in [-0.2, -0.15) is 8.78 Å². The highest BCUT2D eigenvalue weighted by molar-refractivity contribution is 5.94. The molecule has 0 aromatic carbocycles. The molecule has 1 saturated carbocycles. The van der Waals surface area contributed by atoms with Crippen molar-refractivity contribution in [3.05, 3.63) is 23.9 Å². The summed E-state index contributed by atoms with van der Waals surface area (Å²) in [6.45, 7) is 0.862. The molecule has 3 rings (SSSR count). The van der Waals surface area contributed by atoms with E-state index in [1.54, 1.807) is 4.90 Å². The van der Waals surface area contributed by atoms with Crippen LogP contribution in [0.3, 0.4) is 0 Å². The molecule has 1 saturated heterocycles. The van der Waals surface area contributed by atoms with E-state index in [9.17, 15) is 22.4 Å². The molecule has 0 unspecified atom stereocenters. The van der Waals surface area contributed by atoms with Crippen LogP contribution in [0.15, 0.2) is 18.3 Å². The lowest BCUT2D eigenvalue weighted by Gasteiger charge is -2.32. The van der Waals surface area contributed by atoms with Crippen molar-refractivity contribution < 1.29 is 27.1 Å². The lowest BCUT2D eigenvalue weighted by atomic mass is 10.0. The number of carbonyl (C=O) groups is 1. The van der Waals surface area contributed by atoms with Crippen molar-refractivity contribution in [2.75, 3.05) is 26.2 Å². The molecule has 1 N–H and O–H groups in total. The van der Waals surface area contributed by atoms with Crippen LogP contribution in [0.4, 0.5) is 17.6 Å². The lowest BCUT2D eigenvalue weighted by Crippen LogP contribution is -2.45. The number of halogens is 5. The Kier molecular flexibility index (Phi) is 7.88. The van der Waals surface area contributed by atoms with Crippen LogP contribution in [0, 0.1) is 5.92 Å². The second-order valence-electron chi connectivity index (χ2n) is 7.15. The van der Waals surface area contributed by atoms with Crippen molar-refractivity contribution in [3.63, 3.8) is 0 Å². The first kappa shape index (κ1) is 22.7. The van der Waals surface area contributed by atoms with E-state index in [4.69, 9.17) is 0 Å². The van der Waals surface area contributed by atoms with Gasteiger partial charge in [0.15, 0.2) is 6.61 Å². The van der Waals surface area contributed by atoms with Crippen molar-refractivity contribution in [3.8, 4) is 5.88 Å². The number of aromatic nitrogens is 1. The van der Waals surface area contributed by atoms with E-state index in [-0.39, 0.29) is 24.2 Å². The van der Waals surface area contributed by atoms with Gasteiger partial charge in [0, 0.05) is 31.4 Å². The molecule has 1 aromatic heterocycles. The van der Waals surface area contributed by atoms with Gasteiger partial charge in [-0.15, -0.1) is 12.4 Å². The standard InChI is InChI=1S/C18H23F4N3O2.ClH/c19-17(20)18(21,22)11-27-15-4-3-13(10-24-15)16(26)25-7-5-14(6-8-25)23-9-12-1-2-12;/h3-4,10,12,14,17,23H,1-2,5-9,11H2;1H. The third-order valence-electron chi connectivity index (χ3n) is 4.89. The maximum Gasteiger partial charge on any atom is 0.340 e. The molecule has 1 aromatic rings. The largest absolute Gasteiger partial charge is 0.471 e. The molecule has 0 bridgehead atoms. The van der Waals surface area contributed by atoms with Gasteiger partial charge in [-0.3, -0.25) is 4.79 Å². The Hall–Kier alpha value is -1.61. The molecule has 1 amide bonds. The highest BCUT2D eigenvalue weighted by Crippen LogP contribution is 2.28. The van der Waals surface area contributed by atoms with Gasteiger partial charge in [0.05, 0.1) is 5.56 Å². The minimum absolute atomic E-state index is 0. The van der Waals surface area contributed by atoms with Gasteiger partial charge in [-0.25, -0.2) is 13.8 Å². The van der Waals surface area contributed by atoms with Gasteiger partial charge in [0.25, 0.3) is 5.91 Å². The van der Waals surface area contributed by atoms with Crippen molar-refractivity contribution in [2.45, 2.75) is 44.1 Å². The van der Waals surface area contributed by atoms with Crippen LogP contribution in [0.2, 0.25) is 0 Å². The van der Waals surface area contributed by atoms with Crippen molar-refractivity contribution >= 4 is 18.3 Å². The number of hydrogen-bond acceptors (Lipinski definition) is 4. The van der Waals surface area contributed by atoms with Crippen molar-refractivity contribution in [2.24, 2.45) is 5.92 Å². The van der Waals surface area contributed by atoms with E-state index in [2.05, 4.69) is 15.0 Å². The van der Waals surface area contributed by atoms with Crippen LogP contribution >= 0.6 is 12.4 Å². The minimum atomic E-state index is -4.24. The zero-order chi connectivity index (χ0) is 19.4. The molecule has 28 heavy (non-hydrogen) atoms. The Bertz CT molecular complexity index is 636. The van der Waals surface area contributed by atoms with Crippen LogP contribution in [-0.2, 0) is 0 Å². The Morgan fingerprint density at radius 3 is 2.46 bits per heavy atom. The van der Waals surface area contributed by atoms with Crippen molar-refractivity contribution in [1.29, 1.82) is 0 Å². The minimum Gasteiger partial charge on any atom is -0.471 e. The third kappa shape index (κ3) is 6.20. The monoisotopic (exact) mass is 425 g/mol. The number of nitrogens with one attached hydrogen (secondary N) is 1. The first-order valence-electron chi connectivity index (χ1n) is 9.12. The topological polar surface area (TPSA) is 54.5 Å².